The van der Waals surface area contributed by atoms with Crippen molar-refractivity contribution in [3.8, 4) is 0 Å². The first-order valence-corrected chi connectivity index (χ1v) is 7.14. The van der Waals surface area contributed by atoms with Crippen LogP contribution in [0.15, 0.2) is 18.2 Å². The molecule has 1 aromatic rings. The van der Waals surface area contributed by atoms with Crippen LogP contribution in [0, 0.1) is 17.0 Å². The van der Waals surface area contributed by atoms with E-state index in [1.807, 2.05) is 0 Å². The quantitative estimate of drug-likeness (QED) is 0.527. The van der Waals surface area contributed by atoms with Crippen LogP contribution in [0.1, 0.15) is 41.6 Å². The maximum absolute atomic E-state index is 12.4. The van der Waals surface area contributed by atoms with Crippen molar-refractivity contribution < 1.29 is 9.72 Å². The highest BCUT2D eigenvalue weighted by atomic mass is 35.5. The van der Waals surface area contributed by atoms with Gasteiger partial charge in [-0.1, -0.05) is 18.9 Å². The summed E-state index contributed by atoms with van der Waals surface area (Å²) in [7, 11) is 0. The van der Waals surface area contributed by atoms with Gasteiger partial charge in [0.15, 0.2) is 0 Å². The summed E-state index contributed by atoms with van der Waals surface area (Å²) in [5.41, 5.74) is 0.619. The van der Waals surface area contributed by atoms with E-state index < -0.39 is 4.92 Å². The molecule has 108 valence electrons. The normalized spacial score (nSPS) is 16.9. The molecule has 0 aromatic heterocycles. The molecule has 0 bridgehead atoms. The van der Waals surface area contributed by atoms with Gasteiger partial charge in [0.2, 0.25) is 0 Å². The fourth-order valence-electron chi connectivity index (χ4n) is 2.62. The van der Waals surface area contributed by atoms with Crippen LogP contribution in [-0.4, -0.2) is 22.2 Å². The molecule has 0 aliphatic heterocycles. The molecule has 1 N–H and O–H groups in total. The molecule has 1 aliphatic rings. The van der Waals surface area contributed by atoms with E-state index in [1.165, 1.54) is 12.1 Å². The van der Waals surface area contributed by atoms with E-state index in [9.17, 15) is 14.9 Å². The molecule has 0 heterocycles. The number of nitro groups is 1. The van der Waals surface area contributed by atoms with Crippen LogP contribution in [0.3, 0.4) is 0 Å². The molecule has 0 atom stereocenters. The number of halogens is 1. The molecule has 1 aliphatic carbocycles. The topological polar surface area (TPSA) is 72.2 Å². The van der Waals surface area contributed by atoms with E-state index in [0.29, 0.717) is 11.4 Å². The van der Waals surface area contributed by atoms with E-state index in [1.54, 1.807) is 13.0 Å². The third-order valence-electron chi connectivity index (χ3n) is 3.87. The molecule has 6 heteroatoms. The number of benzene rings is 1. The molecular weight excluding hydrogens is 280 g/mol. The lowest BCUT2D eigenvalue weighted by Gasteiger charge is -2.28. The Balaban J connectivity index is 2.24. The third-order valence-corrected chi connectivity index (χ3v) is 4.38. The summed E-state index contributed by atoms with van der Waals surface area (Å²) >= 11 is 5.99. The lowest BCUT2D eigenvalue weighted by Crippen LogP contribution is -2.48. The van der Waals surface area contributed by atoms with Crippen molar-refractivity contribution in [2.75, 3.05) is 5.88 Å². The zero-order valence-electron chi connectivity index (χ0n) is 11.3. The number of hydrogen-bond donors (Lipinski definition) is 1. The number of hydrogen-bond acceptors (Lipinski definition) is 3. The predicted octanol–water partition coefficient (Wildman–Crippen LogP) is 3.18. The fourth-order valence-corrected chi connectivity index (χ4v) is 2.95. The Labute approximate surface area is 122 Å². The Morgan fingerprint density at radius 1 is 1.45 bits per heavy atom. The van der Waals surface area contributed by atoms with Gasteiger partial charge in [0, 0.05) is 23.6 Å². The van der Waals surface area contributed by atoms with Crippen molar-refractivity contribution in [1.29, 1.82) is 0 Å². The molecule has 1 fully saturated rings. The minimum Gasteiger partial charge on any atom is -0.345 e. The molecule has 1 saturated carbocycles. The molecule has 0 radical (unpaired) electrons. The standard InChI is InChI=1S/C14H17ClN2O3/c1-10-4-5-11(17(19)20)8-12(10)13(18)16-14(9-15)6-2-3-7-14/h4-5,8H,2-3,6-7,9H2,1H3,(H,16,18). The zero-order chi connectivity index (χ0) is 14.8. The maximum Gasteiger partial charge on any atom is 0.270 e. The van der Waals surface area contributed by atoms with Crippen molar-refractivity contribution in [2.45, 2.75) is 38.1 Å². The molecule has 1 amide bonds. The van der Waals surface area contributed by atoms with Crippen LogP contribution >= 0.6 is 11.6 Å². The van der Waals surface area contributed by atoms with Crippen molar-refractivity contribution in [1.82, 2.24) is 5.32 Å². The number of aryl methyl sites for hydroxylation is 1. The van der Waals surface area contributed by atoms with Gasteiger partial charge in [0.25, 0.3) is 11.6 Å². The lowest BCUT2D eigenvalue weighted by molar-refractivity contribution is -0.384. The second kappa shape index (κ2) is 5.79. The molecular formula is C14H17ClN2O3. The first kappa shape index (κ1) is 14.8. The fraction of sp³-hybridized carbons (Fsp3) is 0.500. The summed E-state index contributed by atoms with van der Waals surface area (Å²) < 4.78 is 0. The third kappa shape index (κ3) is 2.93. The Bertz CT molecular complexity index is 539. The number of carbonyl (C=O) groups excluding carboxylic acids is 1. The number of amides is 1. The largest absolute Gasteiger partial charge is 0.345 e. The SMILES string of the molecule is Cc1ccc([N+](=O)[O-])cc1C(=O)NC1(CCl)CCCC1. The Morgan fingerprint density at radius 3 is 2.65 bits per heavy atom. The second-order valence-electron chi connectivity index (χ2n) is 5.33. The molecule has 5 nitrogen and oxygen atoms in total. The van der Waals surface area contributed by atoms with Gasteiger partial charge in [-0.15, -0.1) is 11.6 Å². The average molecular weight is 297 g/mol. The summed E-state index contributed by atoms with van der Waals surface area (Å²) in [5, 5.41) is 13.8. The van der Waals surface area contributed by atoms with E-state index in [4.69, 9.17) is 11.6 Å². The number of rotatable bonds is 4. The van der Waals surface area contributed by atoms with Gasteiger partial charge in [0.1, 0.15) is 0 Å². The van der Waals surface area contributed by atoms with E-state index in [0.717, 1.165) is 31.2 Å². The number of non-ortho nitro benzene ring substituents is 1. The van der Waals surface area contributed by atoms with Gasteiger partial charge in [-0.25, -0.2) is 0 Å². The molecule has 0 unspecified atom stereocenters. The summed E-state index contributed by atoms with van der Waals surface area (Å²) in [6.45, 7) is 1.76. The van der Waals surface area contributed by atoms with E-state index in [-0.39, 0.29) is 17.1 Å². The van der Waals surface area contributed by atoms with Crippen molar-refractivity contribution in [2.24, 2.45) is 0 Å². The van der Waals surface area contributed by atoms with Gasteiger partial charge in [-0.2, -0.15) is 0 Å². The zero-order valence-corrected chi connectivity index (χ0v) is 12.1. The van der Waals surface area contributed by atoms with Crippen LogP contribution in [0.4, 0.5) is 5.69 Å². The monoisotopic (exact) mass is 296 g/mol. The van der Waals surface area contributed by atoms with Crippen molar-refractivity contribution in [3.63, 3.8) is 0 Å². The van der Waals surface area contributed by atoms with Crippen LogP contribution in [0.2, 0.25) is 0 Å². The minimum atomic E-state index is -0.497. The van der Waals surface area contributed by atoms with Crippen molar-refractivity contribution in [3.05, 3.63) is 39.4 Å². The van der Waals surface area contributed by atoms with Gasteiger partial charge < -0.3 is 5.32 Å². The van der Waals surface area contributed by atoms with Gasteiger partial charge >= 0.3 is 0 Å². The summed E-state index contributed by atoms with van der Waals surface area (Å²) in [4.78, 5) is 22.7. The molecule has 2 rings (SSSR count). The molecule has 0 saturated heterocycles. The number of nitrogens with zero attached hydrogens (tertiary/aromatic N) is 1. The van der Waals surface area contributed by atoms with Crippen LogP contribution in [-0.2, 0) is 0 Å². The van der Waals surface area contributed by atoms with E-state index in [2.05, 4.69) is 5.32 Å². The molecule has 1 aromatic carbocycles. The van der Waals surface area contributed by atoms with Crippen LogP contribution in [0.25, 0.3) is 0 Å². The lowest BCUT2D eigenvalue weighted by atomic mass is 9.98. The maximum atomic E-state index is 12.4. The minimum absolute atomic E-state index is 0.0768. The highest BCUT2D eigenvalue weighted by Crippen LogP contribution is 2.31. The van der Waals surface area contributed by atoms with Gasteiger partial charge in [-0.3, -0.25) is 14.9 Å². The first-order chi connectivity index (χ1) is 9.47. The van der Waals surface area contributed by atoms with Crippen molar-refractivity contribution >= 4 is 23.2 Å². The average Bonchev–Trinajstić information content (AvgIpc) is 2.88. The Morgan fingerprint density at radius 2 is 2.10 bits per heavy atom. The van der Waals surface area contributed by atoms with Gasteiger partial charge in [0.05, 0.1) is 10.5 Å². The summed E-state index contributed by atoms with van der Waals surface area (Å²) in [5.74, 6) is 0.0842. The second-order valence-corrected chi connectivity index (χ2v) is 5.60. The Kier molecular flexibility index (Phi) is 4.28. The number of nitro benzene ring substituents is 1. The molecule has 20 heavy (non-hydrogen) atoms. The summed E-state index contributed by atoms with van der Waals surface area (Å²) in [6, 6.07) is 4.32. The van der Waals surface area contributed by atoms with Crippen LogP contribution in [0.5, 0.6) is 0 Å². The molecule has 0 spiro atoms. The highest BCUT2D eigenvalue weighted by molar-refractivity contribution is 6.19. The number of alkyl halides is 1. The highest BCUT2D eigenvalue weighted by Gasteiger charge is 2.35. The Hall–Kier alpha value is -1.62. The number of nitrogens with one attached hydrogen (secondary N) is 1. The van der Waals surface area contributed by atoms with Gasteiger partial charge in [-0.05, 0) is 25.3 Å². The number of carbonyl (C=O) groups is 1. The predicted molar refractivity (Wildman–Crippen MR) is 77.2 cm³/mol. The smallest absolute Gasteiger partial charge is 0.270 e. The first-order valence-electron chi connectivity index (χ1n) is 6.61. The summed E-state index contributed by atoms with van der Waals surface area (Å²) in [6.07, 6.45) is 3.80. The van der Waals surface area contributed by atoms with Crippen LogP contribution < -0.4 is 5.32 Å². The van der Waals surface area contributed by atoms with E-state index >= 15 is 0 Å².